The molecule has 2 atom stereocenters. The summed E-state index contributed by atoms with van der Waals surface area (Å²) in [5.74, 6) is 0.000231. The number of fused-ring (bicyclic) bond motifs is 1. The van der Waals surface area contributed by atoms with Crippen molar-refractivity contribution in [3.05, 3.63) is 137 Å². The Morgan fingerprint density at radius 1 is 0.758 bits per heavy atom. The van der Waals surface area contributed by atoms with E-state index in [1.807, 2.05) is 78.9 Å². The van der Waals surface area contributed by atoms with E-state index in [1.54, 1.807) is 12.1 Å². The van der Waals surface area contributed by atoms with Crippen molar-refractivity contribution in [3.8, 4) is 5.75 Å². The van der Waals surface area contributed by atoms with E-state index in [1.165, 1.54) is 11.1 Å². The number of amides is 1. The van der Waals surface area contributed by atoms with Crippen LogP contribution in [-0.2, 0) is 11.2 Å². The van der Waals surface area contributed by atoms with Gasteiger partial charge in [0, 0.05) is 5.92 Å². The zero-order valence-corrected chi connectivity index (χ0v) is 18.4. The Kier molecular flexibility index (Phi) is 5.95. The van der Waals surface area contributed by atoms with Gasteiger partial charge in [0.05, 0.1) is 12.0 Å². The van der Waals surface area contributed by atoms with Gasteiger partial charge in [0.2, 0.25) is 5.91 Å². The molecular formula is C30H27NO2. The summed E-state index contributed by atoms with van der Waals surface area (Å²) >= 11 is 0. The summed E-state index contributed by atoms with van der Waals surface area (Å²) in [7, 11) is 0. The van der Waals surface area contributed by atoms with Gasteiger partial charge in [-0.3, -0.25) is 4.79 Å². The minimum absolute atomic E-state index is 0.00196. The number of aromatic hydroxyl groups is 1. The van der Waals surface area contributed by atoms with Crippen molar-refractivity contribution in [3.63, 3.8) is 0 Å². The Morgan fingerprint density at radius 2 is 1.33 bits per heavy atom. The van der Waals surface area contributed by atoms with E-state index in [-0.39, 0.29) is 29.5 Å². The molecule has 0 fully saturated rings. The van der Waals surface area contributed by atoms with Crippen molar-refractivity contribution >= 4 is 5.91 Å². The Hall–Kier alpha value is -3.85. The van der Waals surface area contributed by atoms with Crippen LogP contribution in [0.4, 0.5) is 0 Å². The summed E-state index contributed by atoms with van der Waals surface area (Å²) in [6.45, 7) is 0. The fraction of sp³-hybridized carbons (Fsp3) is 0.167. The number of phenolic OH excluding ortho intramolecular Hbond substituents is 1. The third-order valence-electron chi connectivity index (χ3n) is 6.66. The minimum atomic E-state index is -0.387. The number of hydrogen-bond acceptors (Lipinski definition) is 2. The van der Waals surface area contributed by atoms with Crippen molar-refractivity contribution in [2.45, 2.75) is 30.7 Å². The average molecular weight is 434 g/mol. The number of nitrogens with one attached hydrogen (secondary N) is 1. The molecule has 0 bridgehead atoms. The van der Waals surface area contributed by atoms with Crippen molar-refractivity contribution < 1.29 is 9.90 Å². The smallest absolute Gasteiger partial charge is 0.232 e. The first-order chi connectivity index (χ1) is 16.2. The van der Waals surface area contributed by atoms with Gasteiger partial charge in [-0.15, -0.1) is 0 Å². The summed E-state index contributed by atoms with van der Waals surface area (Å²) in [5, 5.41) is 13.2. The molecule has 0 aliphatic heterocycles. The van der Waals surface area contributed by atoms with Gasteiger partial charge in [0.1, 0.15) is 5.75 Å². The summed E-state index contributed by atoms with van der Waals surface area (Å²) in [5.41, 5.74) is 5.55. The second kappa shape index (κ2) is 9.33. The van der Waals surface area contributed by atoms with Crippen molar-refractivity contribution in [2.24, 2.45) is 0 Å². The molecule has 0 aromatic heterocycles. The van der Waals surface area contributed by atoms with Crippen LogP contribution in [0.2, 0.25) is 0 Å². The summed E-state index contributed by atoms with van der Waals surface area (Å²) in [6.07, 6.45) is 1.91. The topological polar surface area (TPSA) is 49.3 Å². The van der Waals surface area contributed by atoms with Gasteiger partial charge in [0.25, 0.3) is 0 Å². The number of carbonyl (C=O) groups is 1. The molecule has 4 aromatic carbocycles. The normalized spacial score (nSPS) is 17.4. The maximum atomic E-state index is 13.9. The molecule has 4 aromatic rings. The lowest BCUT2D eigenvalue weighted by atomic mass is 9.76. The van der Waals surface area contributed by atoms with Gasteiger partial charge in [0.15, 0.2) is 0 Å². The molecular weight excluding hydrogens is 406 g/mol. The molecule has 2 N–H and O–H groups in total. The number of carbonyl (C=O) groups excluding carboxylic acids is 1. The Labute approximate surface area is 194 Å². The van der Waals surface area contributed by atoms with Crippen LogP contribution in [0, 0.1) is 0 Å². The van der Waals surface area contributed by atoms with Gasteiger partial charge in [-0.25, -0.2) is 0 Å². The van der Waals surface area contributed by atoms with Crippen molar-refractivity contribution in [1.29, 1.82) is 0 Å². The molecule has 0 unspecified atom stereocenters. The zero-order valence-electron chi connectivity index (χ0n) is 18.4. The average Bonchev–Trinajstić information content (AvgIpc) is 2.86. The lowest BCUT2D eigenvalue weighted by Crippen LogP contribution is -2.38. The summed E-state index contributed by atoms with van der Waals surface area (Å²) < 4.78 is 0. The van der Waals surface area contributed by atoms with Crippen LogP contribution in [0.25, 0.3) is 0 Å². The fourth-order valence-electron chi connectivity index (χ4n) is 5.04. The van der Waals surface area contributed by atoms with Gasteiger partial charge in [-0.1, -0.05) is 97.1 Å². The highest BCUT2D eigenvalue weighted by atomic mass is 16.3. The Balaban J connectivity index is 1.53. The van der Waals surface area contributed by atoms with E-state index >= 15 is 0 Å². The molecule has 33 heavy (non-hydrogen) atoms. The van der Waals surface area contributed by atoms with E-state index in [9.17, 15) is 9.90 Å². The molecule has 164 valence electrons. The van der Waals surface area contributed by atoms with Gasteiger partial charge in [-0.2, -0.15) is 0 Å². The van der Waals surface area contributed by atoms with E-state index in [2.05, 4.69) is 23.5 Å². The molecule has 1 aliphatic rings. The quantitative estimate of drug-likeness (QED) is 0.399. The largest absolute Gasteiger partial charge is 0.508 e. The molecule has 0 radical (unpaired) electrons. The molecule has 1 aliphatic carbocycles. The molecule has 3 heteroatoms. The van der Waals surface area contributed by atoms with Gasteiger partial charge >= 0.3 is 0 Å². The second-order valence-corrected chi connectivity index (χ2v) is 8.68. The molecule has 5 rings (SSSR count). The minimum Gasteiger partial charge on any atom is -0.508 e. The third-order valence-corrected chi connectivity index (χ3v) is 6.66. The van der Waals surface area contributed by atoms with Crippen LogP contribution in [0.5, 0.6) is 5.75 Å². The lowest BCUT2D eigenvalue weighted by molar-refractivity contribution is -0.122. The van der Waals surface area contributed by atoms with Crippen LogP contribution < -0.4 is 5.32 Å². The number of phenols is 1. The van der Waals surface area contributed by atoms with Gasteiger partial charge < -0.3 is 10.4 Å². The first-order valence-electron chi connectivity index (χ1n) is 11.5. The Bertz CT molecular complexity index is 1180. The number of rotatable bonds is 5. The highest BCUT2D eigenvalue weighted by Crippen LogP contribution is 2.42. The molecule has 0 spiro atoms. The summed E-state index contributed by atoms with van der Waals surface area (Å²) in [4.78, 5) is 13.9. The molecule has 0 saturated carbocycles. The predicted molar refractivity (Wildman–Crippen MR) is 131 cm³/mol. The van der Waals surface area contributed by atoms with E-state index < -0.39 is 0 Å². The second-order valence-electron chi connectivity index (χ2n) is 8.68. The van der Waals surface area contributed by atoms with Crippen LogP contribution >= 0.6 is 0 Å². The van der Waals surface area contributed by atoms with E-state index in [0.717, 1.165) is 29.5 Å². The third kappa shape index (κ3) is 4.40. The monoisotopic (exact) mass is 433 g/mol. The fourth-order valence-corrected chi connectivity index (χ4v) is 5.04. The molecule has 0 saturated heterocycles. The van der Waals surface area contributed by atoms with Gasteiger partial charge in [-0.05, 0) is 52.8 Å². The van der Waals surface area contributed by atoms with Crippen molar-refractivity contribution in [2.75, 3.05) is 0 Å². The van der Waals surface area contributed by atoms with E-state index in [0.29, 0.717) is 0 Å². The SMILES string of the molecule is O=C(N[C@@H]1c2ccccc2CC[C@@H]1c1ccc(O)cc1)C(c1ccccc1)c1ccccc1. The molecule has 3 nitrogen and oxygen atoms in total. The van der Waals surface area contributed by atoms with Crippen LogP contribution in [0.15, 0.2) is 109 Å². The first kappa shape index (κ1) is 21.0. The highest BCUT2D eigenvalue weighted by molar-refractivity contribution is 5.87. The summed E-state index contributed by atoms with van der Waals surface area (Å²) in [6, 6.07) is 35.6. The highest BCUT2D eigenvalue weighted by Gasteiger charge is 2.34. The Morgan fingerprint density at radius 3 is 1.97 bits per heavy atom. The number of hydrogen-bond donors (Lipinski definition) is 2. The van der Waals surface area contributed by atoms with Crippen LogP contribution in [0.1, 0.15) is 52.1 Å². The zero-order chi connectivity index (χ0) is 22.6. The van der Waals surface area contributed by atoms with Crippen molar-refractivity contribution in [1.82, 2.24) is 5.32 Å². The van der Waals surface area contributed by atoms with Crippen LogP contribution in [0.3, 0.4) is 0 Å². The first-order valence-corrected chi connectivity index (χ1v) is 11.5. The predicted octanol–water partition coefficient (Wildman–Crippen LogP) is 6.11. The maximum absolute atomic E-state index is 13.9. The van der Waals surface area contributed by atoms with E-state index in [4.69, 9.17) is 0 Å². The van der Waals surface area contributed by atoms with Crippen LogP contribution in [-0.4, -0.2) is 11.0 Å². The standard InChI is InChI=1S/C30H27NO2/c32-25-18-15-22(16-19-25)27-20-17-21-9-7-8-14-26(21)29(27)31-30(33)28(23-10-3-1-4-11-23)24-12-5-2-6-13-24/h1-16,18-19,27-29,32H,17,20H2,(H,31,33)/t27-,29-/m1/s1. The maximum Gasteiger partial charge on any atom is 0.232 e. The number of aryl methyl sites for hydroxylation is 1. The molecule has 1 amide bonds. The number of benzene rings is 4. The molecule has 0 heterocycles. The lowest BCUT2D eigenvalue weighted by Gasteiger charge is -2.35.